The van der Waals surface area contributed by atoms with Crippen LogP contribution in [0.1, 0.15) is 18.5 Å². The third-order valence-corrected chi connectivity index (χ3v) is 2.61. The molecular formula is C12H14FN3O2. The van der Waals surface area contributed by atoms with E-state index in [0.29, 0.717) is 18.1 Å². The number of hydrogen-bond acceptors (Lipinski definition) is 3. The Labute approximate surface area is 104 Å². The largest absolute Gasteiger partial charge is 0.494 e. The van der Waals surface area contributed by atoms with Gasteiger partial charge in [0.05, 0.1) is 7.11 Å². The van der Waals surface area contributed by atoms with Gasteiger partial charge in [-0.3, -0.25) is 15.1 Å². The minimum Gasteiger partial charge on any atom is -0.494 e. The first-order valence-electron chi connectivity index (χ1n) is 5.61. The molecule has 2 N–H and O–H groups in total. The molecule has 0 saturated carbocycles. The minimum atomic E-state index is -0.615. The van der Waals surface area contributed by atoms with Gasteiger partial charge in [-0.05, 0) is 24.6 Å². The second kappa shape index (κ2) is 5.03. The number of rotatable bonds is 3. The number of benzene rings is 1. The zero-order chi connectivity index (χ0) is 13.1. The van der Waals surface area contributed by atoms with E-state index in [1.54, 1.807) is 6.07 Å². The highest BCUT2D eigenvalue weighted by Crippen LogP contribution is 2.23. The maximum Gasteiger partial charge on any atom is 0.253 e. The molecule has 1 heterocycles. The summed E-state index contributed by atoms with van der Waals surface area (Å²) < 4.78 is 18.4. The molecule has 0 aromatic heterocycles. The molecule has 1 aliphatic heterocycles. The van der Waals surface area contributed by atoms with Gasteiger partial charge in [0.15, 0.2) is 17.5 Å². The number of methoxy groups -OCH3 is 1. The number of nitrogens with zero attached hydrogens (tertiary/aromatic N) is 1. The number of ether oxygens (including phenoxy) is 1. The lowest BCUT2D eigenvalue weighted by atomic mass is 10.1. The second-order valence-corrected chi connectivity index (χ2v) is 3.78. The third kappa shape index (κ3) is 2.27. The average molecular weight is 251 g/mol. The van der Waals surface area contributed by atoms with Crippen molar-refractivity contribution in [1.82, 2.24) is 10.6 Å². The highest BCUT2D eigenvalue weighted by Gasteiger charge is 2.29. The molecule has 1 atom stereocenters. The third-order valence-electron chi connectivity index (χ3n) is 2.61. The predicted octanol–water partition coefficient (Wildman–Crippen LogP) is 0.971. The lowest BCUT2D eigenvalue weighted by Gasteiger charge is -2.09. The van der Waals surface area contributed by atoms with Crippen LogP contribution in [0, 0.1) is 5.82 Å². The number of amides is 1. The van der Waals surface area contributed by atoms with Crippen molar-refractivity contribution in [2.24, 2.45) is 4.99 Å². The first-order valence-corrected chi connectivity index (χ1v) is 5.61. The van der Waals surface area contributed by atoms with Crippen molar-refractivity contribution in [1.29, 1.82) is 0 Å². The fourth-order valence-electron chi connectivity index (χ4n) is 1.77. The van der Waals surface area contributed by atoms with Gasteiger partial charge in [0.2, 0.25) is 0 Å². The van der Waals surface area contributed by atoms with Crippen LogP contribution in [0.5, 0.6) is 5.75 Å². The monoisotopic (exact) mass is 251 g/mol. The van der Waals surface area contributed by atoms with Gasteiger partial charge in [0, 0.05) is 6.54 Å². The van der Waals surface area contributed by atoms with E-state index >= 15 is 0 Å². The molecule has 0 radical (unpaired) electrons. The standard InChI is InChI=1S/C12H14FN3O2/c1-3-14-12-15-10(11(17)16-12)7-4-5-9(18-2)8(13)6-7/h4-6,10H,3H2,1-2H3,(H2,14,15,16,17). The van der Waals surface area contributed by atoms with Crippen LogP contribution in [-0.4, -0.2) is 25.5 Å². The molecule has 5 nitrogen and oxygen atoms in total. The lowest BCUT2D eigenvalue weighted by molar-refractivity contribution is -0.120. The fourth-order valence-corrected chi connectivity index (χ4v) is 1.77. The van der Waals surface area contributed by atoms with Crippen LogP contribution in [-0.2, 0) is 4.79 Å². The summed E-state index contributed by atoms with van der Waals surface area (Å²) in [7, 11) is 1.39. The van der Waals surface area contributed by atoms with Gasteiger partial charge >= 0.3 is 0 Å². The number of guanidine groups is 1. The Morgan fingerprint density at radius 1 is 1.50 bits per heavy atom. The van der Waals surface area contributed by atoms with Crippen molar-refractivity contribution in [3.63, 3.8) is 0 Å². The molecule has 6 heteroatoms. The first-order chi connectivity index (χ1) is 8.65. The zero-order valence-electron chi connectivity index (χ0n) is 10.2. The van der Waals surface area contributed by atoms with Crippen LogP contribution in [0.15, 0.2) is 23.2 Å². The van der Waals surface area contributed by atoms with Gasteiger partial charge in [-0.15, -0.1) is 0 Å². The van der Waals surface area contributed by atoms with Crippen molar-refractivity contribution in [2.75, 3.05) is 13.7 Å². The molecular weight excluding hydrogens is 237 g/mol. The summed E-state index contributed by atoms with van der Waals surface area (Å²) in [6, 6.07) is 3.81. The Hall–Kier alpha value is -2.11. The molecule has 0 spiro atoms. The first kappa shape index (κ1) is 12.3. The summed E-state index contributed by atoms with van der Waals surface area (Å²) in [5.74, 6) is -0.166. The van der Waals surface area contributed by atoms with E-state index in [-0.39, 0.29) is 11.7 Å². The Bertz CT molecular complexity index is 502. The summed E-state index contributed by atoms with van der Waals surface area (Å²) in [5.41, 5.74) is 0.534. The summed E-state index contributed by atoms with van der Waals surface area (Å²) in [6.07, 6.45) is 0. The molecule has 1 aromatic rings. The van der Waals surface area contributed by atoms with Crippen LogP contribution in [0.2, 0.25) is 0 Å². The van der Waals surface area contributed by atoms with Gasteiger partial charge in [-0.25, -0.2) is 4.39 Å². The molecule has 1 saturated heterocycles. The van der Waals surface area contributed by atoms with Gasteiger partial charge in [0.1, 0.15) is 6.04 Å². The summed E-state index contributed by atoms with van der Waals surface area (Å²) >= 11 is 0. The van der Waals surface area contributed by atoms with Gasteiger partial charge in [-0.1, -0.05) is 6.07 Å². The van der Waals surface area contributed by atoms with E-state index in [0.717, 1.165) is 0 Å². The number of carbonyl (C=O) groups is 1. The molecule has 1 unspecified atom stereocenters. The smallest absolute Gasteiger partial charge is 0.253 e. The Morgan fingerprint density at radius 2 is 2.28 bits per heavy atom. The van der Waals surface area contributed by atoms with E-state index < -0.39 is 11.9 Å². The predicted molar refractivity (Wildman–Crippen MR) is 64.9 cm³/mol. The van der Waals surface area contributed by atoms with Crippen LogP contribution in [0.4, 0.5) is 4.39 Å². The number of aliphatic imine (C=N–C) groups is 1. The number of nitrogens with one attached hydrogen (secondary N) is 2. The van der Waals surface area contributed by atoms with Crippen LogP contribution < -0.4 is 15.4 Å². The molecule has 18 heavy (non-hydrogen) atoms. The van der Waals surface area contributed by atoms with Crippen LogP contribution >= 0.6 is 0 Å². The van der Waals surface area contributed by atoms with E-state index in [4.69, 9.17) is 4.74 Å². The maximum absolute atomic E-state index is 13.6. The SMILES string of the molecule is CCN=C1NC(=O)C(c2ccc(OC)c(F)c2)N1. The number of hydrogen-bond donors (Lipinski definition) is 2. The number of halogens is 1. The molecule has 96 valence electrons. The van der Waals surface area contributed by atoms with Gasteiger partial charge in [0.25, 0.3) is 5.91 Å². The summed E-state index contributed by atoms with van der Waals surface area (Å²) in [6.45, 7) is 2.42. The molecule has 0 aliphatic carbocycles. The topological polar surface area (TPSA) is 62.7 Å². The van der Waals surface area contributed by atoms with Crippen LogP contribution in [0.25, 0.3) is 0 Å². The molecule has 1 aromatic carbocycles. The van der Waals surface area contributed by atoms with Crippen molar-refractivity contribution >= 4 is 11.9 Å². The van der Waals surface area contributed by atoms with E-state index in [9.17, 15) is 9.18 Å². The van der Waals surface area contributed by atoms with Gasteiger partial charge in [-0.2, -0.15) is 0 Å². The Morgan fingerprint density at radius 3 is 2.89 bits per heavy atom. The quantitative estimate of drug-likeness (QED) is 0.841. The highest BCUT2D eigenvalue weighted by atomic mass is 19.1. The summed E-state index contributed by atoms with van der Waals surface area (Å²) in [5, 5.41) is 5.50. The lowest BCUT2D eigenvalue weighted by Crippen LogP contribution is -2.25. The average Bonchev–Trinajstić information content (AvgIpc) is 2.71. The molecule has 1 fully saturated rings. The second-order valence-electron chi connectivity index (χ2n) is 3.78. The van der Waals surface area contributed by atoms with Crippen molar-refractivity contribution < 1.29 is 13.9 Å². The van der Waals surface area contributed by atoms with E-state index in [1.165, 1.54) is 19.2 Å². The summed E-state index contributed by atoms with van der Waals surface area (Å²) in [4.78, 5) is 15.8. The zero-order valence-corrected chi connectivity index (χ0v) is 10.2. The van der Waals surface area contributed by atoms with Crippen molar-refractivity contribution in [3.8, 4) is 5.75 Å². The number of carbonyl (C=O) groups excluding carboxylic acids is 1. The van der Waals surface area contributed by atoms with Crippen molar-refractivity contribution in [2.45, 2.75) is 13.0 Å². The van der Waals surface area contributed by atoms with E-state index in [2.05, 4.69) is 15.6 Å². The van der Waals surface area contributed by atoms with Crippen LogP contribution in [0.3, 0.4) is 0 Å². The Balaban J connectivity index is 2.25. The molecule has 1 amide bonds. The maximum atomic E-state index is 13.6. The molecule has 0 bridgehead atoms. The Kier molecular flexibility index (Phi) is 3.45. The fraction of sp³-hybridized carbons (Fsp3) is 0.333. The highest BCUT2D eigenvalue weighted by molar-refractivity contribution is 6.06. The van der Waals surface area contributed by atoms with Gasteiger partial charge < -0.3 is 10.1 Å². The van der Waals surface area contributed by atoms with Crippen molar-refractivity contribution in [3.05, 3.63) is 29.6 Å². The molecule has 2 rings (SSSR count). The van der Waals surface area contributed by atoms with E-state index in [1.807, 2.05) is 6.92 Å². The molecule has 1 aliphatic rings. The minimum absolute atomic E-state index is 0.152. The normalized spacial score (nSPS) is 20.7.